The van der Waals surface area contributed by atoms with Crippen LogP contribution in [0.5, 0.6) is 0 Å². The predicted molar refractivity (Wildman–Crippen MR) is 111 cm³/mol. The molecule has 0 aliphatic carbocycles. The number of esters is 1. The molecule has 7 heteroatoms. The largest absolute Gasteiger partial charge is 0.455 e. The first-order valence-electron chi connectivity index (χ1n) is 9.15. The SMILES string of the molecule is O=C(COC(=O)Cc1cn2ccsc2n1)NC(c1ccccc1)c1ccccc1. The van der Waals surface area contributed by atoms with Crippen molar-refractivity contribution in [1.82, 2.24) is 14.7 Å². The molecular formula is C22H19N3O3S. The van der Waals surface area contributed by atoms with E-state index in [-0.39, 0.29) is 25.0 Å². The number of carbonyl (C=O) groups is 2. The summed E-state index contributed by atoms with van der Waals surface area (Å²) in [5.41, 5.74) is 2.53. The zero-order chi connectivity index (χ0) is 20.1. The van der Waals surface area contributed by atoms with Crippen LogP contribution in [-0.2, 0) is 20.7 Å². The number of ether oxygens (including phenoxy) is 1. The summed E-state index contributed by atoms with van der Waals surface area (Å²) in [5, 5.41) is 4.87. The van der Waals surface area contributed by atoms with E-state index in [0.717, 1.165) is 16.1 Å². The number of amides is 1. The minimum Gasteiger partial charge on any atom is -0.455 e. The highest BCUT2D eigenvalue weighted by Crippen LogP contribution is 2.21. The van der Waals surface area contributed by atoms with Crippen LogP contribution in [-0.4, -0.2) is 27.9 Å². The van der Waals surface area contributed by atoms with Crippen molar-refractivity contribution in [1.29, 1.82) is 0 Å². The fraction of sp³-hybridized carbons (Fsp3) is 0.136. The summed E-state index contributed by atoms with van der Waals surface area (Å²) >= 11 is 1.49. The first-order valence-corrected chi connectivity index (χ1v) is 10.0. The number of aromatic nitrogens is 2. The van der Waals surface area contributed by atoms with Crippen LogP contribution >= 0.6 is 11.3 Å². The molecule has 0 aliphatic rings. The number of fused-ring (bicyclic) bond motifs is 1. The first-order chi connectivity index (χ1) is 14.2. The van der Waals surface area contributed by atoms with Crippen molar-refractivity contribution in [3.63, 3.8) is 0 Å². The molecule has 0 unspecified atom stereocenters. The van der Waals surface area contributed by atoms with Crippen LogP contribution in [0.25, 0.3) is 4.96 Å². The van der Waals surface area contributed by atoms with Crippen molar-refractivity contribution >= 4 is 28.2 Å². The lowest BCUT2D eigenvalue weighted by atomic mass is 9.99. The van der Waals surface area contributed by atoms with Gasteiger partial charge in [0.2, 0.25) is 0 Å². The maximum Gasteiger partial charge on any atom is 0.312 e. The maximum absolute atomic E-state index is 12.5. The molecule has 1 amide bonds. The van der Waals surface area contributed by atoms with E-state index in [1.807, 2.05) is 76.6 Å². The van der Waals surface area contributed by atoms with Gasteiger partial charge in [-0.2, -0.15) is 0 Å². The van der Waals surface area contributed by atoms with Crippen molar-refractivity contribution < 1.29 is 14.3 Å². The van der Waals surface area contributed by atoms with E-state index >= 15 is 0 Å². The van der Waals surface area contributed by atoms with E-state index in [1.165, 1.54) is 11.3 Å². The number of hydrogen-bond donors (Lipinski definition) is 1. The summed E-state index contributed by atoms with van der Waals surface area (Å²) in [5.74, 6) is -0.844. The Hall–Kier alpha value is -3.45. The van der Waals surface area contributed by atoms with Gasteiger partial charge in [-0.15, -0.1) is 11.3 Å². The Balaban J connectivity index is 1.36. The van der Waals surface area contributed by atoms with Crippen molar-refractivity contribution in [3.05, 3.63) is 95.3 Å². The van der Waals surface area contributed by atoms with E-state index in [9.17, 15) is 9.59 Å². The second-order valence-corrected chi connectivity index (χ2v) is 7.36. The molecule has 0 saturated carbocycles. The van der Waals surface area contributed by atoms with Gasteiger partial charge >= 0.3 is 5.97 Å². The lowest BCUT2D eigenvalue weighted by molar-refractivity contribution is -0.148. The third-order valence-electron chi connectivity index (χ3n) is 4.40. The number of imidazole rings is 1. The number of benzene rings is 2. The molecule has 4 aromatic rings. The van der Waals surface area contributed by atoms with Crippen LogP contribution < -0.4 is 5.32 Å². The quantitative estimate of drug-likeness (QED) is 0.479. The molecule has 0 radical (unpaired) electrons. The number of nitrogens with zero attached hydrogens (tertiary/aromatic N) is 2. The van der Waals surface area contributed by atoms with Crippen molar-refractivity contribution in [2.45, 2.75) is 12.5 Å². The van der Waals surface area contributed by atoms with Gasteiger partial charge in [0.15, 0.2) is 11.6 Å². The zero-order valence-corrected chi connectivity index (χ0v) is 16.3. The predicted octanol–water partition coefficient (Wildman–Crippen LogP) is 3.39. The lowest BCUT2D eigenvalue weighted by Gasteiger charge is -2.19. The number of nitrogens with one attached hydrogen (secondary N) is 1. The summed E-state index contributed by atoms with van der Waals surface area (Å²) in [7, 11) is 0. The van der Waals surface area contributed by atoms with Crippen LogP contribution in [0, 0.1) is 0 Å². The summed E-state index contributed by atoms with van der Waals surface area (Å²) in [6, 6.07) is 19.0. The number of carbonyl (C=O) groups excluding carboxylic acids is 2. The summed E-state index contributed by atoms with van der Waals surface area (Å²) in [6.45, 7) is -0.336. The number of hydrogen-bond acceptors (Lipinski definition) is 5. The van der Waals surface area contributed by atoms with Crippen LogP contribution in [0.15, 0.2) is 78.4 Å². The van der Waals surface area contributed by atoms with Gasteiger partial charge in [0.25, 0.3) is 5.91 Å². The molecule has 2 heterocycles. The standard InChI is InChI=1S/C22H19N3O3S/c26-19(15-28-20(27)13-18-14-25-11-12-29-22(25)23-18)24-21(16-7-3-1-4-8-16)17-9-5-2-6-10-17/h1-12,14,21H,13,15H2,(H,24,26). The smallest absolute Gasteiger partial charge is 0.312 e. The average molecular weight is 405 g/mol. The fourth-order valence-electron chi connectivity index (χ4n) is 3.06. The average Bonchev–Trinajstić information content (AvgIpc) is 3.33. The van der Waals surface area contributed by atoms with Crippen molar-refractivity contribution in [2.24, 2.45) is 0 Å². The minimum absolute atomic E-state index is 0.0302. The van der Waals surface area contributed by atoms with Crippen LogP contribution in [0.4, 0.5) is 0 Å². The zero-order valence-electron chi connectivity index (χ0n) is 15.5. The van der Waals surface area contributed by atoms with E-state index in [1.54, 1.807) is 6.20 Å². The van der Waals surface area contributed by atoms with Crippen molar-refractivity contribution in [2.75, 3.05) is 6.61 Å². The molecule has 2 aromatic heterocycles. The molecule has 0 saturated heterocycles. The first kappa shape index (κ1) is 18.9. The minimum atomic E-state index is -0.484. The highest BCUT2D eigenvalue weighted by molar-refractivity contribution is 7.15. The van der Waals surface area contributed by atoms with Gasteiger partial charge in [-0.05, 0) is 11.1 Å². The monoisotopic (exact) mass is 405 g/mol. The Morgan fingerprint density at radius 3 is 2.31 bits per heavy atom. The van der Waals surface area contributed by atoms with E-state index in [4.69, 9.17) is 4.74 Å². The Morgan fingerprint density at radius 1 is 1.03 bits per heavy atom. The van der Waals surface area contributed by atoms with E-state index in [2.05, 4.69) is 10.3 Å². The maximum atomic E-state index is 12.5. The molecule has 29 heavy (non-hydrogen) atoms. The van der Waals surface area contributed by atoms with Crippen LogP contribution in [0.1, 0.15) is 22.9 Å². The third kappa shape index (κ3) is 4.70. The summed E-state index contributed by atoms with van der Waals surface area (Å²) < 4.78 is 7.01. The van der Waals surface area contributed by atoms with Gasteiger partial charge in [-0.25, -0.2) is 4.98 Å². The van der Waals surface area contributed by atoms with Crippen molar-refractivity contribution in [3.8, 4) is 0 Å². The Kier molecular flexibility index (Phi) is 5.67. The Labute approximate surface area is 171 Å². The molecule has 0 bridgehead atoms. The topological polar surface area (TPSA) is 72.7 Å². The van der Waals surface area contributed by atoms with Gasteiger partial charge in [-0.1, -0.05) is 60.7 Å². The molecule has 0 spiro atoms. The third-order valence-corrected chi connectivity index (χ3v) is 5.17. The van der Waals surface area contributed by atoms with Crippen LogP contribution in [0.3, 0.4) is 0 Å². The molecular weight excluding hydrogens is 386 g/mol. The second kappa shape index (κ2) is 8.70. The van der Waals surface area contributed by atoms with Gasteiger partial charge in [0.1, 0.15) is 0 Å². The van der Waals surface area contributed by atoms with Crippen LogP contribution in [0.2, 0.25) is 0 Å². The van der Waals surface area contributed by atoms with Gasteiger partial charge in [0.05, 0.1) is 18.2 Å². The Morgan fingerprint density at radius 2 is 1.69 bits per heavy atom. The molecule has 0 aliphatic heterocycles. The Bertz CT molecular complexity index is 1040. The second-order valence-electron chi connectivity index (χ2n) is 6.48. The molecule has 6 nitrogen and oxygen atoms in total. The molecule has 4 rings (SSSR count). The highest BCUT2D eigenvalue weighted by Gasteiger charge is 2.18. The lowest BCUT2D eigenvalue weighted by Crippen LogP contribution is -2.33. The van der Waals surface area contributed by atoms with E-state index in [0.29, 0.717) is 5.69 Å². The molecule has 0 atom stereocenters. The number of thiazole rings is 1. The molecule has 2 aromatic carbocycles. The van der Waals surface area contributed by atoms with Gasteiger partial charge < -0.3 is 10.1 Å². The summed E-state index contributed by atoms with van der Waals surface area (Å²) in [4.78, 5) is 29.7. The highest BCUT2D eigenvalue weighted by atomic mass is 32.1. The molecule has 1 N–H and O–H groups in total. The van der Waals surface area contributed by atoms with Gasteiger partial charge in [0, 0.05) is 17.8 Å². The van der Waals surface area contributed by atoms with E-state index < -0.39 is 5.97 Å². The normalized spacial score (nSPS) is 10.9. The fourth-order valence-corrected chi connectivity index (χ4v) is 3.78. The van der Waals surface area contributed by atoms with Gasteiger partial charge in [-0.3, -0.25) is 14.0 Å². The number of rotatable bonds is 7. The molecule has 0 fully saturated rings. The summed E-state index contributed by atoms with van der Waals surface area (Å²) in [6.07, 6.45) is 3.69. The molecule has 146 valence electrons.